The van der Waals surface area contributed by atoms with Crippen LogP contribution >= 0.6 is 0 Å². The Balaban J connectivity index is 1.56. The van der Waals surface area contributed by atoms with Crippen LogP contribution in [-0.2, 0) is 22.6 Å². The van der Waals surface area contributed by atoms with Crippen LogP contribution in [0.4, 0.5) is 10.5 Å². The molecule has 2 aromatic rings. The zero-order valence-electron chi connectivity index (χ0n) is 16.1. The van der Waals surface area contributed by atoms with Gasteiger partial charge >= 0.3 is 11.8 Å². The summed E-state index contributed by atoms with van der Waals surface area (Å²) in [5.74, 6) is 0. The smallest absolute Gasteiger partial charge is 0.434 e. The molecule has 156 valence electrons. The van der Waals surface area contributed by atoms with Crippen LogP contribution in [-0.4, -0.2) is 27.2 Å². The molecule has 1 aromatic carbocycles. The normalized spacial score (nSPS) is 10.5. The van der Waals surface area contributed by atoms with E-state index in [1.54, 1.807) is 13.1 Å². The Hall–Kier alpha value is -3.43. The summed E-state index contributed by atoms with van der Waals surface area (Å²) in [6, 6.07) is 5.71. The van der Waals surface area contributed by atoms with Crippen molar-refractivity contribution in [2.75, 3.05) is 6.61 Å². The van der Waals surface area contributed by atoms with E-state index >= 15 is 0 Å². The van der Waals surface area contributed by atoms with Crippen LogP contribution in [0.25, 0.3) is 0 Å². The molecule has 0 saturated carbocycles. The molecule has 0 aliphatic heterocycles. The monoisotopic (exact) mass is 405 g/mol. The number of rotatable bonds is 10. The second-order valence-electron chi connectivity index (χ2n) is 6.49. The van der Waals surface area contributed by atoms with Crippen LogP contribution in [0.15, 0.2) is 40.1 Å². The van der Waals surface area contributed by atoms with Crippen LogP contribution in [0.1, 0.15) is 36.8 Å². The van der Waals surface area contributed by atoms with Gasteiger partial charge in [-0.15, -0.1) is 0 Å². The van der Waals surface area contributed by atoms with E-state index in [-0.39, 0.29) is 24.5 Å². The van der Waals surface area contributed by atoms with E-state index in [9.17, 15) is 24.5 Å². The van der Waals surface area contributed by atoms with Gasteiger partial charge in [0.25, 0.3) is 11.2 Å². The number of aryl methyl sites for hydroxylation is 2. The maximum Gasteiger partial charge on any atom is 0.508 e. The Morgan fingerprint density at radius 2 is 1.79 bits per heavy atom. The predicted octanol–water partition coefficient (Wildman–Crippen LogP) is 2.67. The van der Waals surface area contributed by atoms with E-state index in [0.717, 1.165) is 19.3 Å². The second kappa shape index (κ2) is 10.8. The van der Waals surface area contributed by atoms with Gasteiger partial charge in [-0.2, -0.15) is 0 Å². The summed E-state index contributed by atoms with van der Waals surface area (Å²) >= 11 is 0. The van der Waals surface area contributed by atoms with Crippen molar-refractivity contribution in [1.82, 2.24) is 9.55 Å². The SMILES string of the molecule is Cc1cn(CCCCCCOC(=O)OCc2ccc([N+](=O)[O-])cc2)c(=O)[nH]c1=O. The first-order valence-electron chi connectivity index (χ1n) is 9.20. The number of non-ortho nitro benzene ring substituents is 1. The number of nitrogens with one attached hydrogen (secondary N) is 1. The third kappa shape index (κ3) is 7.24. The average Bonchev–Trinajstić information content (AvgIpc) is 2.69. The summed E-state index contributed by atoms with van der Waals surface area (Å²) in [6.07, 6.45) is 3.82. The number of hydrogen-bond donors (Lipinski definition) is 1. The molecule has 0 saturated heterocycles. The first-order valence-corrected chi connectivity index (χ1v) is 9.20. The highest BCUT2D eigenvalue weighted by Crippen LogP contribution is 2.12. The van der Waals surface area contributed by atoms with Gasteiger partial charge in [0, 0.05) is 30.4 Å². The highest BCUT2D eigenvalue weighted by molar-refractivity contribution is 5.59. The van der Waals surface area contributed by atoms with Gasteiger partial charge in [-0.1, -0.05) is 6.42 Å². The van der Waals surface area contributed by atoms with E-state index < -0.39 is 16.8 Å². The molecule has 0 bridgehead atoms. The van der Waals surface area contributed by atoms with Gasteiger partial charge < -0.3 is 14.0 Å². The van der Waals surface area contributed by atoms with Crippen LogP contribution < -0.4 is 11.2 Å². The Kier molecular flexibility index (Phi) is 8.13. The van der Waals surface area contributed by atoms with Crippen molar-refractivity contribution in [3.63, 3.8) is 0 Å². The van der Waals surface area contributed by atoms with Crippen LogP contribution in [0.2, 0.25) is 0 Å². The lowest BCUT2D eigenvalue weighted by molar-refractivity contribution is -0.384. The lowest BCUT2D eigenvalue weighted by Crippen LogP contribution is -2.30. The molecule has 0 amide bonds. The van der Waals surface area contributed by atoms with E-state index in [4.69, 9.17) is 9.47 Å². The predicted molar refractivity (Wildman–Crippen MR) is 104 cm³/mol. The fourth-order valence-corrected chi connectivity index (χ4v) is 2.58. The molecule has 29 heavy (non-hydrogen) atoms. The van der Waals surface area contributed by atoms with Gasteiger partial charge in [0.15, 0.2) is 0 Å². The van der Waals surface area contributed by atoms with Crippen molar-refractivity contribution in [2.24, 2.45) is 0 Å². The highest BCUT2D eigenvalue weighted by Gasteiger charge is 2.07. The molecular weight excluding hydrogens is 382 g/mol. The number of nitro groups is 1. The van der Waals surface area contributed by atoms with Crippen molar-refractivity contribution < 1.29 is 19.2 Å². The molecule has 10 nitrogen and oxygen atoms in total. The van der Waals surface area contributed by atoms with Crippen LogP contribution in [0.3, 0.4) is 0 Å². The topological polar surface area (TPSA) is 134 Å². The number of benzene rings is 1. The lowest BCUT2D eigenvalue weighted by Gasteiger charge is -2.07. The van der Waals surface area contributed by atoms with Gasteiger partial charge in [-0.3, -0.25) is 19.9 Å². The average molecular weight is 405 g/mol. The quantitative estimate of drug-likeness (QED) is 0.278. The van der Waals surface area contributed by atoms with Crippen molar-refractivity contribution in [3.05, 3.63) is 72.5 Å². The number of H-pyrrole nitrogens is 1. The molecular formula is C19H23N3O7. The molecule has 0 fully saturated rings. The third-order valence-electron chi connectivity index (χ3n) is 4.21. The summed E-state index contributed by atoms with van der Waals surface area (Å²) < 4.78 is 11.4. The maximum atomic E-state index is 11.7. The van der Waals surface area contributed by atoms with Gasteiger partial charge in [0.05, 0.1) is 11.5 Å². The molecule has 1 aromatic heterocycles. The molecule has 2 rings (SSSR count). The standard InChI is InChI=1S/C19H23N3O7/c1-14-12-21(18(24)20-17(14)23)10-4-2-3-5-11-28-19(25)29-13-15-6-8-16(9-7-15)22(26)27/h6-9,12H,2-5,10-11,13H2,1H3,(H,20,23,24). The van der Waals surface area contributed by atoms with E-state index in [1.807, 2.05) is 0 Å². The molecule has 1 N–H and O–H groups in total. The zero-order valence-corrected chi connectivity index (χ0v) is 16.1. The molecule has 0 unspecified atom stereocenters. The van der Waals surface area contributed by atoms with Crippen molar-refractivity contribution in [1.29, 1.82) is 0 Å². The summed E-state index contributed by atoms with van der Waals surface area (Å²) in [7, 11) is 0. The number of ether oxygens (including phenoxy) is 2. The summed E-state index contributed by atoms with van der Waals surface area (Å²) in [5, 5.41) is 10.6. The Bertz CT molecular complexity index is 948. The first-order chi connectivity index (χ1) is 13.9. The minimum absolute atomic E-state index is 0.0236. The van der Waals surface area contributed by atoms with Crippen molar-refractivity contribution in [3.8, 4) is 0 Å². The van der Waals surface area contributed by atoms with Gasteiger partial charge in [-0.25, -0.2) is 9.59 Å². The Morgan fingerprint density at radius 3 is 2.48 bits per heavy atom. The Morgan fingerprint density at radius 1 is 1.10 bits per heavy atom. The molecule has 1 heterocycles. The van der Waals surface area contributed by atoms with E-state index in [0.29, 0.717) is 24.1 Å². The van der Waals surface area contributed by atoms with Crippen LogP contribution in [0.5, 0.6) is 0 Å². The number of carbonyl (C=O) groups excluding carboxylic acids is 1. The minimum Gasteiger partial charge on any atom is -0.434 e. The van der Waals surface area contributed by atoms with E-state index in [1.165, 1.54) is 28.8 Å². The lowest BCUT2D eigenvalue weighted by atomic mass is 10.2. The number of hydrogen-bond acceptors (Lipinski definition) is 7. The minimum atomic E-state index is -0.793. The first kappa shape index (κ1) is 21.9. The number of carbonyl (C=O) groups is 1. The third-order valence-corrected chi connectivity index (χ3v) is 4.21. The number of nitrogens with zero attached hydrogens (tertiary/aromatic N) is 2. The maximum absolute atomic E-state index is 11.7. The summed E-state index contributed by atoms with van der Waals surface area (Å²) in [4.78, 5) is 46.8. The number of unbranched alkanes of at least 4 members (excludes halogenated alkanes) is 3. The fraction of sp³-hybridized carbons (Fsp3) is 0.421. The second-order valence-corrected chi connectivity index (χ2v) is 6.49. The molecule has 10 heteroatoms. The number of aromatic amines is 1. The van der Waals surface area contributed by atoms with Gasteiger partial charge in [0.1, 0.15) is 6.61 Å². The molecule has 0 radical (unpaired) electrons. The fourth-order valence-electron chi connectivity index (χ4n) is 2.58. The number of nitro benzene ring substituents is 1. The van der Waals surface area contributed by atoms with Crippen molar-refractivity contribution in [2.45, 2.75) is 45.8 Å². The van der Waals surface area contributed by atoms with Crippen molar-refractivity contribution >= 4 is 11.8 Å². The summed E-state index contributed by atoms with van der Waals surface area (Å²) in [6.45, 7) is 2.35. The van der Waals surface area contributed by atoms with Gasteiger partial charge in [0.2, 0.25) is 0 Å². The largest absolute Gasteiger partial charge is 0.508 e. The summed E-state index contributed by atoms with van der Waals surface area (Å²) in [5.41, 5.74) is 0.297. The Labute approximate surface area is 166 Å². The molecule has 0 spiro atoms. The highest BCUT2D eigenvalue weighted by atomic mass is 16.7. The van der Waals surface area contributed by atoms with Gasteiger partial charge in [-0.05, 0) is 43.9 Å². The molecule has 0 atom stereocenters. The zero-order chi connectivity index (χ0) is 21.2. The molecule has 0 aliphatic carbocycles. The van der Waals surface area contributed by atoms with E-state index in [2.05, 4.69) is 4.98 Å². The van der Waals surface area contributed by atoms with Crippen LogP contribution in [0, 0.1) is 17.0 Å². The number of aromatic nitrogens is 2. The molecule has 0 aliphatic rings.